The Bertz CT molecular complexity index is 774. The Labute approximate surface area is 105 Å². The van der Waals surface area contributed by atoms with Gasteiger partial charge in [-0.25, -0.2) is 4.99 Å². The molecule has 0 spiro atoms. The molecule has 0 bridgehead atoms. The lowest BCUT2D eigenvalue weighted by molar-refractivity contribution is 0.520. The molecule has 1 atom stereocenters. The SMILES string of the molecule is C1=NC2C(=c3ccccc3=Cc3ccccc32)O1. The molecular weight excluding hydrogens is 222 g/mol. The van der Waals surface area contributed by atoms with E-state index in [-0.39, 0.29) is 6.04 Å². The number of nitrogens with zero attached hydrogens (tertiary/aromatic N) is 1. The third-order valence-corrected chi connectivity index (χ3v) is 3.47. The molecule has 2 aromatic rings. The monoisotopic (exact) mass is 233 g/mol. The normalized spacial score (nSPS) is 19.1. The molecule has 1 unspecified atom stereocenters. The number of rotatable bonds is 0. The average Bonchev–Trinajstić information content (AvgIpc) is 2.84. The fourth-order valence-corrected chi connectivity index (χ4v) is 2.62. The highest BCUT2D eigenvalue weighted by Crippen LogP contribution is 2.33. The van der Waals surface area contributed by atoms with Crippen LogP contribution in [0.15, 0.2) is 53.5 Å². The zero-order chi connectivity index (χ0) is 11.9. The van der Waals surface area contributed by atoms with Gasteiger partial charge in [0.2, 0.25) is 0 Å². The minimum absolute atomic E-state index is 0.00102. The van der Waals surface area contributed by atoms with E-state index in [0.29, 0.717) is 0 Å². The molecule has 86 valence electrons. The molecular formula is C16H11NO. The van der Waals surface area contributed by atoms with Crippen LogP contribution in [0.3, 0.4) is 0 Å². The van der Waals surface area contributed by atoms with Gasteiger partial charge in [0.15, 0.2) is 6.40 Å². The fraction of sp³-hybridized carbons (Fsp3) is 0.0625. The van der Waals surface area contributed by atoms with Crippen molar-refractivity contribution in [2.75, 3.05) is 0 Å². The van der Waals surface area contributed by atoms with Crippen LogP contribution in [0.25, 0.3) is 11.8 Å². The summed E-state index contributed by atoms with van der Waals surface area (Å²) in [4.78, 5) is 4.45. The molecule has 0 amide bonds. The van der Waals surface area contributed by atoms with Gasteiger partial charge >= 0.3 is 0 Å². The number of fused-ring (bicyclic) bond motifs is 4. The number of hydrogen-bond donors (Lipinski definition) is 0. The van der Waals surface area contributed by atoms with Gasteiger partial charge in [-0.15, -0.1) is 0 Å². The van der Waals surface area contributed by atoms with Crippen LogP contribution in [-0.2, 0) is 4.74 Å². The quantitative estimate of drug-likeness (QED) is 0.679. The van der Waals surface area contributed by atoms with Crippen LogP contribution in [0, 0.1) is 0 Å². The van der Waals surface area contributed by atoms with Gasteiger partial charge in [-0.2, -0.15) is 0 Å². The Hall–Kier alpha value is -2.35. The first-order chi connectivity index (χ1) is 8.93. The van der Waals surface area contributed by atoms with Crippen LogP contribution in [0.4, 0.5) is 0 Å². The summed E-state index contributed by atoms with van der Waals surface area (Å²) in [7, 11) is 0. The summed E-state index contributed by atoms with van der Waals surface area (Å²) in [5.74, 6) is 0.937. The van der Waals surface area contributed by atoms with Crippen LogP contribution in [0.1, 0.15) is 17.2 Å². The molecule has 0 radical (unpaired) electrons. The topological polar surface area (TPSA) is 21.6 Å². The second-order valence-electron chi connectivity index (χ2n) is 4.50. The summed E-state index contributed by atoms with van der Waals surface area (Å²) in [5.41, 5.74) is 2.42. The van der Waals surface area contributed by atoms with Crippen molar-refractivity contribution in [1.82, 2.24) is 0 Å². The van der Waals surface area contributed by atoms with Crippen molar-refractivity contribution in [2.24, 2.45) is 4.99 Å². The van der Waals surface area contributed by atoms with E-state index in [2.05, 4.69) is 47.5 Å². The van der Waals surface area contributed by atoms with E-state index < -0.39 is 0 Å². The Balaban J connectivity index is 2.18. The van der Waals surface area contributed by atoms with Crippen molar-refractivity contribution in [1.29, 1.82) is 0 Å². The van der Waals surface area contributed by atoms with Gasteiger partial charge in [-0.3, -0.25) is 0 Å². The maximum atomic E-state index is 5.63. The summed E-state index contributed by atoms with van der Waals surface area (Å²) < 4.78 is 5.63. The van der Waals surface area contributed by atoms with Crippen molar-refractivity contribution in [2.45, 2.75) is 6.04 Å². The molecule has 18 heavy (non-hydrogen) atoms. The van der Waals surface area contributed by atoms with Gasteiger partial charge in [0.25, 0.3) is 0 Å². The molecule has 0 fully saturated rings. The van der Waals surface area contributed by atoms with Gasteiger partial charge < -0.3 is 4.74 Å². The smallest absolute Gasteiger partial charge is 0.177 e. The van der Waals surface area contributed by atoms with Crippen molar-refractivity contribution < 1.29 is 4.74 Å². The number of hydrogen-bond acceptors (Lipinski definition) is 2. The minimum Gasteiger partial charge on any atom is -0.447 e. The third-order valence-electron chi connectivity index (χ3n) is 3.47. The van der Waals surface area contributed by atoms with E-state index in [1.165, 1.54) is 16.3 Å². The molecule has 2 heteroatoms. The van der Waals surface area contributed by atoms with E-state index in [1.54, 1.807) is 6.40 Å². The van der Waals surface area contributed by atoms with Gasteiger partial charge in [-0.1, -0.05) is 48.5 Å². The molecule has 1 aliphatic heterocycles. The molecule has 1 aliphatic carbocycles. The summed E-state index contributed by atoms with van der Waals surface area (Å²) in [6.45, 7) is 0. The molecule has 0 saturated heterocycles. The first kappa shape index (κ1) is 9.66. The zero-order valence-corrected chi connectivity index (χ0v) is 9.71. The summed E-state index contributed by atoms with van der Waals surface area (Å²) in [6.07, 6.45) is 3.76. The van der Waals surface area contributed by atoms with Crippen molar-refractivity contribution in [3.63, 3.8) is 0 Å². The average molecular weight is 233 g/mol. The molecule has 2 aromatic carbocycles. The third kappa shape index (κ3) is 1.26. The summed E-state index contributed by atoms with van der Waals surface area (Å²) in [5, 5.41) is 2.32. The molecule has 0 N–H and O–H groups in total. The molecule has 1 heterocycles. The summed E-state index contributed by atoms with van der Waals surface area (Å²) >= 11 is 0. The highest BCUT2D eigenvalue weighted by Gasteiger charge is 2.25. The molecule has 2 aliphatic rings. The number of aliphatic imine (C=N–C) groups is 1. The van der Waals surface area contributed by atoms with Crippen LogP contribution >= 0.6 is 0 Å². The standard InChI is InChI=1S/C16H11NO/c1-3-7-13-11(5-1)9-12-6-2-4-8-14(12)16-15(13)17-10-18-16/h1-10,15H. The first-order valence-electron chi connectivity index (χ1n) is 6.02. The molecule has 0 aromatic heterocycles. The van der Waals surface area contributed by atoms with E-state index in [4.69, 9.17) is 4.74 Å². The van der Waals surface area contributed by atoms with E-state index in [1.807, 2.05) is 12.1 Å². The minimum atomic E-state index is 0.00102. The van der Waals surface area contributed by atoms with E-state index in [0.717, 1.165) is 11.0 Å². The second kappa shape index (κ2) is 3.57. The van der Waals surface area contributed by atoms with Crippen molar-refractivity contribution >= 4 is 18.2 Å². The van der Waals surface area contributed by atoms with Gasteiger partial charge in [0, 0.05) is 5.22 Å². The van der Waals surface area contributed by atoms with Crippen LogP contribution in [0.2, 0.25) is 0 Å². The lowest BCUT2D eigenvalue weighted by Gasteiger charge is -2.10. The van der Waals surface area contributed by atoms with E-state index >= 15 is 0 Å². The van der Waals surface area contributed by atoms with Gasteiger partial charge in [0.1, 0.15) is 11.8 Å². The predicted molar refractivity (Wildman–Crippen MR) is 71.4 cm³/mol. The molecule has 2 nitrogen and oxygen atoms in total. The second-order valence-corrected chi connectivity index (χ2v) is 4.50. The fourth-order valence-electron chi connectivity index (χ4n) is 2.62. The predicted octanol–water partition coefficient (Wildman–Crippen LogP) is 1.74. The first-order valence-corrected chi connectivity index (χ1v) is 6.02. The van der Waals surface area contributed by atoms with Crippen LogP contribution < -0.4 is 10.4 Å². The number of ether oxygens (including phenoxy) is 1. The largest absolute Gasteiger partial charge is 0.447 e. The zero-order valence-electron chi connectivity index (χ0n) is 9.71. The summed E-state index contributed by atoms with van der Waals surface area (Å²) in [6, 6.07) is 16.6. The Morgan fingerprint density at radius 3 is 2.78 bits per heavy atom. The highest BCUT2D eigenvalue weighted by atomic mass is 16.5. The molecule has 4 rings (SSSR count). The lowest BCUT2D eigenvalue weighted by atomic mass is 10.0. The Kier molecular flexibility index (Phi) is 1.92. The van der Waals surface area contributed by atoms with Gasteiger partial charge in [-0.05, 0) is 22.4 Å². The lowest BCUT2D eigenvalue weighted by Crippen LogP contribution is -2.26. The van der Waals surface area contributed by atoms with Crippen molar-refractivity contribution in [3.8, 4) is 0 Å². The maximum Gasteiger partial charge on any atom is 0.177 e. The Morgan fingerprint density at radius 2 is 1.78 bits per heavy atom. The molecule has 0 saturated carbocycles. The Morgan fingerprint density at radius 1 is 0.944 bits per heavy atom. The van der Waals surface area contributed by atoms with Crippen LogP contribution in [0.5, 0.6) is 0 Å². The van der Waals surface area contributed by atoms with E-state index in [9.17, 15) is 0 Å². The van der Waals surface area contributed by atoms with Gasteiger partial charge in [0.05, 0.1) is 0 Å². The highest BCUT2D eigenvalue weighted by molar-refractivity contribution is 5.72. The number of benzene rings is 2. The maximum absolute atomic E-state index is 5.63. The van der Waals surface area contributed by atoms with Crippen LogP contribution in [-0.4, -0.2) is 6.40 Å². The van der Waals surface area contributed by atoms with Crippen molar-refractivity contribution in [3.05, 3.63) is 70.1 Å².